The predicted octanol–water partition coefficient (Wildman–Crippen LogP) is 2.07. The first kappa shape index (κ1) is 12.9. The molecule has 16 heavy (non-hydrogen) atoms. The van der Waals surface area contributed by atoms with Crippen molar-refractivity contribution in [3.8, 4) is 0 Å². The molecule has 0 aromatic heterocycles. The van der Waals surface area contributed by atoms with Crippen LogP contribution >= 0.6 is 22.6 Å². The molecule has 1 aromatic carbocycles. The zero-order chi connectivity index (χ0) is 12.1. The third-order valence-electron chi connectivity index (χ3n) is 1.97. The number of benzene rings is 1. The number of nitro groups is 1. The molecule has 1 aromatic rings. The van der Waals surface area contributed by atoms with Crippen molar-refractivity contribution in [3.05, 3.63) is 39.4 Å². The van der Waals surface area contributed by atoms with Gasteiger partial charge >= 0.3 is 0 Å². The summed E-state index contributed by atoms with van der Waals surface area (Å²) in [5, 5.41) is 13.4. The van der Waals surface area contributed by atoms with Crippen LogP contribution in [-0.4, -0.2) is 21.8 Å². The van der Waals surface area contributed by atoms with Crippen LogP contribution in [0.3, 0.4) is 0 Å². The van der Waals surface area contributed by atoms with E-state index < -0.39 is 10.8 Å². The second kappa shape index (κ2) is 5.78. The smallest absolute Gasteiger partial charge is 0.282 e. The Kier molecular flexibility index (Phi) is 4.66. The number of amides is 1. The molecule has 0 saturated carbocycles. The number of hydrogen-bond acceptors (Lipinski definition) is 3. The summed E-state index contributed by atoms with van der Waals surface area (Å²) in [6.45, 7) is 2.29. The molecular weight excluding hydrogens is 323 g/mol. The van der Waals surface area contributed by atoms with Crippen LogP contribution in [0.25, 0.3) is 0 Å². The minimum atomic E-state index is -0.543. The molecule has 0 spiro atoms. The van der Waals surface area contributed by atoms with Crippen LogP contribution in [0.5, 0.6) is 0 Å². The SMILES string of the molecule is Cc1ccc([N+](=O)[O-])c(C(=O)NCCI)c1. The Morgan fingerprint density at radius 2 is 2.25 bits per heavy atom. The van der Waals surface area contributed by atoms with Crippen LogP contribution in [0, 0.1) is 17.0 Å². The average molecular weight is 334 g/mol. The van der Waals surface area contributed by atoms with E-state index in [2.05, 4.69) is 27.9 Å². The van der Waals surface area contributed by atoms with Crippen molar-refractivity contribution in [2.45, 2.75) is 6.92 Å². The number of carbonyl (C=O) groups is 1. The van der Waals surface area contributed by atoms with Crippen LogP contribution in [0.2, 0.25) is 0 Å². The second-order valence-corrected chi connectivity index (χ2v) is 4.30. The summed E-state index contributed by atoms with van der Waals surface area (Å²) >= 11 is 2.12. The van der Waals surface area contributed by atoms with Crippen molar-refractivity contribution in [3.63, 3.8) is 0 Å². The van der Waals surface area contributed by atoms with Gasteiger partial charge in [0.25, 0.3) is 11.6 Å². The number of halogens is 1. The third kappa shape index (κ3) is 3.16. The Morgan fingerprint density at radius 1 is 1.56 bits per heavy atom. The van der Waals surface area contributed by atoms with Gasteiger partial charge in [0.05, 0.1) is 4.92 Å². The summed E-state index contributed by atoms with van der Waals surface area (Å²) in [5.41, 5.74) is 0.789. The lowest BCUT2D eigenvalue weighted by molar-refractivity contribution is -0.385. The van der Waals surface area contributed by atoms with E-state index in [4.69, 9.17) is 0 Å². The molecule has 6 heteroatoms. The van der Waals surface area contributed by atoms with Gasteiger partial charge in [0, 0.05) is 17.0 Å². The molecule has 0 bridgehead atoms. The van der Waals surface area contributed by atoms with Gasteiger partial charge in [-0.05, 0) is 18.6 Å². The monoisotopic (exact) mass is 334 g/mol. The van der Waals surface area contributed by atoms with Crippen molar-refractivity contribution in [2.75, 3.05) is 11.0 Å². The maximum absolute atomic E-state index is 11.7. The molecule has 0 heterocycles. The standard InChI is InChI=1S/C10H11IN2O3/c1-7-2-3-9(13(15)16)8(6-7)10(14)12-5-4-11/h2-3,6H,4-5H2,1H3,(H,12,14). The molecule has 0 aliphatic rings. The van der Waals surface area contributed by atoms with Crippen LogP contribution in [-0.2, 0) is 0 Å². The van der Waals surface area contributed by atoms with Gasteiger partial charge in [-0.2, -0.15) is 0 Å². The molecule has 0 radical (unpaired) electrons. The van der Waals surface area contributed by atoms with Crippen LogP contribution < -0.4 is 5.32 Å². The van der Waals surface area contributed by atoms with Crippen molar-refractivity contribution in [2.24, 2.45) is 0 Å². The van der Waals surface area contributed by atoms with Crippen molar-refractivity contribution >= 4 is 34.2 Å². The number of nitrogens with zero attached hydrogens (tertiary/aromatic N) is 1. The van der Waals surface area contributed by atoms with Crippen LogP contribution in [0.4, 0.5) is 5.69 Å². The molecule has 86 valence electrons. The summed E-state index contributed by atoms with van der Waals surface area (Å²) < 4.78 is 0.767. The zero-order valence-corrected chi connectivity index (χ0v) is 10.9. The van der Waals surface area contributed by atoms with Crippen LogP contribution in [0.15, 0.2) is 18.2 Å². The van der Waals surface area contributed by atoms with Crippen LogP contribution in [0.1, 0.15) is 15.9 Å². The largest absolute Gasteiger partial charge is 0.351 e. The molecule has 1 N–H and O–H groups in total. The van der Waals surface area contributed by atoms with Gasteiger partial charge < -0.3 is 5.32 Å². The molecular formula is C10H11IN2O3. The van der Waals surface area contributed by atoms with Gasteiger partial charge in [-0.1, -0.05) is 28.7 Å². The van der Waals surface area contributed by atoms with Gasteiger partial charge in [-0.3, -0.25) is 14.9 Å². The highest BCUT2D eigenvalue weighted by atomic mass is 127. The van der Waals surface area contributed by atoms with E-state index in [0.717, 1.165) is 9.99 Å². The molecule has 1 rings (SSSR count). The average Bonchev–Trinajstić information content (AvgIpc) is 2.25. The van der Waals surface area contributed by atoms with E-state index in [1.807, 2.05) is 0 Å². The minimum absolute atomic E-state index is 0.120. The number of aryl methyl sites for hydroxylation is 1. The molecule has 0 aliphatic heterocycles. The molecule has 1 amide bonds. The first-order chi connectivity index (χ1) is 7.56. The number of rotatable bonds is 4. The number of hydrogen-bond donors (Lipinski definition) is 1. The zero-order valence-electron chi connectivity index (χ0n) is 8.70. The summed E-state index contributed by atoms with van der Waals surface area (Å²) in [6, 6.07) is 4.50. The quantitative estimate of drug-likeness (QED) is 0.397. The normalized spacial score (nSPS) is 9.88. The number of nitro benzene ring substituents is 1. The van der Waals surface area contributed by atoms with Crippen molar-refractivity contribution in [1.82, 2.24) is 5.32 Å². The van der Waals surface area contributed by atoms with E-state index >= 15 is 0 Å². The number of alkyl halides is 1. The fourth-order valence-electron chi connectivity index (χ4n) is 1.25. The topological polar surface area (TPSA) is 72.2 Å². The van der Waals surface area contributed by atoms with Gasteiger partial charge in [0.2, 0.25) is 0 Å². The molecule has 0 aliphatic carbocycles. The fraction of sp³-hybridized carbons (Fsp3) is 0.300. The van der Waals surface area contributed by atoms with E-state index in [1.54, 1.807) is 13.0 Å². The van der Waals surface area contributed by atoms with E-state index in [-0.39, 0.29) is 11.3 Å². The fourth-order valence-corrected chi connectivity index (χ4v) is 1.52. The Bertz CT molecular complexity index is 421. The summed E-state index contributed by atoms with van der Waals surface area (Å²) in [6.07, 6.45) is 0. The molecule has 0 fully saturated rings. The highest BCUT2D eigenvalue weighted by Crippen LogP contribution is 2.19. The Balaban J connectivity index is 3.04. The van der Waals surface area contributed by atoms with Gasteiger partial charge in [-0.25, -0.2) is 0 Å². The summed E-state index contributed by atoms with van der Waals surface area (Å²) in [5.74, 6) is -0.396. The number of carbonyl (C=O) groups excluding carboxylic acids is 1. The molecule has 0 atom stereocenters. The van der Waals surface area contributed by atoms with E-state index in [0.29, 0.717) is 6.54 Å². The summed E-state index contributed by atoms with van der Waals surface area (Å²) in [4.78, 5) is 21.9. The first-order valence-corrected chi connectivity index (χ1v) is 6.18. The maximum Gasteiger partial charge on any atom is 0.282 e. The summed E-state index contributed by atoms with van der Waals surface area (Å²) in [7, 11) is 0. The van der Waals surface area contributed by atoms with E-state index in [9.17, 15) is 14.9 Å². The highest BCUT2D eigenvalue weighted by molar-refractivity contribution is 14.1. The lowest BCUT2D eigenvalue weighted by Gasteiger charge is -2.04. The molecule has 5 nitrogen and oxygen atoms in total. The second-order valence-electron chi connectivity index (χ2n) is 3.22. The molecule has 0 unspecified atom stereocenters. The van der Waals surface area contributed by atoms with Crippen molar-refractivity contribution < 1.29 is 9.72 Å². The number of nitrogens with one attached hydrogen (secondary N) is 1. The molecule has 0 saturated heterocycles. The Morgan fingerprint density at radius 3 is 2.81 bits per heavy atom. The lowest BCUT2D eigenvalue weighted by atomic mass is 10.1. The van der Waals surface area contributed by atoms with Gasteiger partial charge in [0.1, 0.15) is 5.56 Å². The van der Waals surface area contributed by atoms with Crippen molar-refractivity contribution in [1.29, 1.82) is 0 Å². The van der Waals surface area contributed by atoms with Gasteiger partial charge in [0.15, 0.2) is 0 Å². The lowest BCUT2D eigenvalue weighted by Crippen LogP contribution is -2.26. The Hall–Kier alpha value is -1.18. The minimum Gasteiger partial charge on any atom is -0.351 e. The predicted molar refractivity (Wildman–Crippen MR) is 69.1 cm³/mol. The van der Waals surface area contributed by atoms with E-state index in [1.165, 1.54) is 12.1 Å². The Labute approximate surface area is 107 Å². The third-order valence-corrected chi connectivity index (χ3v) is 2.51. The maximum atomic E-state index is 11.7. The highest BCUT2D eigenvalue weighted by Gasteiger charge is 2.19. The van der Waals surface area contributed by atoms with Gasteiger partial charge in [-0.15, -0.1) is 0 Å². The first-order valence-electron chi connectivity index (χ1n) is 4.65.